The van der Waals surface area contributed by atoms with Gasteiger partial charge < -0.3 is 15.3 Å². The van der Waals surface area contributed by atoms with E-state index in [4.69, 9.17) is 5.11 Å². The van der Waals surface area contributed by atoms with E-state index >= 15 is 0 Å². The summed E-state index contributed by atoms with van der Waals surface area (Å²) in [4.78, 5) is 20.3. The van der Waals surface area contributed by atoms with Crippen molar-refractivity contribution in [3.63, 3.8) is 0 Å². The Balaban J connectivity index is -0.000000405. The fourth-order valence-corrected chi connectivity index (χ4v) is 0.486. The molecule has 0 radical (unpaired) electrons. The average molecular weight is 201 g/mol. The number of esters is 1. The number of hydrogen-bond acceptors (Lipinski definition) is 3. The van der Waals surface area contributed by atoms with Crippen molar-refractivity contribution >= 4 is 24.3 Å². The van der Waals surface area contributed by atoms with E-state index in [1.165, 1.54) is 7.11 Å². The molecule has 0 fully saturated rings. The topological polar surface area (TPSA) is 95.1 Å². The first-order valence-corrected chi connectivity index (χ1v) is 2.95. The van der Waals surface area contributed by atoms with Crippen molar-refractivity contribution in [2.75, 3.05) is 7.11 Å². The second-order valence-corrected chi connectivity index (χ2v) is 1.82. The van der Waals surface area contributed by atoms with E-state index in [1.807, 2.05) is 0 Å². The van der Waals surface area contributed by atoms with Gasteiger partial charge in [-0.05, 0) is 6.42 Å². The van der Waals surface area contributed by atoms with Gasteiger partial charge in [0.2, 0.25) is 0 Å². The fourth-order valence-electron chi connectivity index (χ4n) is 0.486. The molecule has 12 heavy (non-hydrogen) atoms. The zero-order valence-electron chi connectivity index (χ0n) is 6.70. The highest BCUT2D eigenvalue weighted by Crippen LogP contribution is 1.95. The van der Waals surface area contributed by atoms with Gasteiger partial charge in [0.15, 0.2) is 0 Å². The number of ether oxygens (including phenoxy) is 1. The fraction of sp³-hybridized carbons (Fsp3) is 0.667. The molecule has 0 saturated heterocycles. The van der Waals surface area contributed by atoms with Crippen LogP contribution in [0.3, 0.4) is 0 Å². The van der Waals surface area contributed by atoms with E-state index < -0.39 is 5.97 Å². The lowest BCUT2D eigenvalue weighted by Crippen LogP contribution is -2.02. The molecule has 0 heterocycles. The molecule has 0 aliphatic heterocycles. The molecule has 0 aliphatic carbocycles. The van der Waals surface area contributed by atoms with Gasteiger partial charge in [0.05, 0.1) is 7.11 Å². The molecule has 0 aromatic heterocycles. The Bertz CT molecular complexity index is 136. The predicted octanol–water partition coefficient (Wildman–Crippen LogP) is 0.0114. The molecular weight excluding hydrogens is 188 g/mol. The van der Waals surface area contributed by atoms with Crippen LogP contribution < -0.4 is 0 Å². The number of hydrogen-bond donors (Lipinski definition) is 1. The number of rotatable bonds is 4. The third kappa shape index (κ3) is 11.9. The molecule has 0 aromatic carbocycles. The number of methoxy groups -OCH3 is 1. The summed E-state index contributed by atoms with van der Waals surface area (Å²) in [5.41, 5.74) is 0. The van der Waals surface area contributed by atoms with Crippen molar-refractivity contribution in [1.29, 1.82) is 0 Å². The number of carbonyl (C=O) groups excluding carboxylic acids is 1. The van der Waals surface area contributed by atoms with Crippen molar-refractivity contribution in [2.45, 2.75) is 19.3 Å². The van der Waals surface area contributed by atoms with E-state index in [1.54, 1.807) is 0 Å². The number of carboxylic acid groups (broad SMARTS) is 1. The van der Waals surface area contributed by atoms with Gasteiger partial charge in [-0.1, -0.05) is 0 Å². The molecule has 0 aromatic rings. The zero-order chi connectivity index (χ0) is 7.98. The lowest BCUT2D eigenvalue weighted by atomic mass is 10.2. The van der Waals surface area contributed by atoms with Gasteiger partial charge in [0, 0.05) is 12.8 Å². The normalized spacial score (nSPS) is 7.42. The van der Waals surface area contributed by atoms with E-state index in [0.29, 0.717) is 6.42 Å². The molecule has 0 amide bonds. The third-order valence-electron chi connectivity index (χ3n) is 0.999. The van der Waals surface area contributed by atoms with Crippen LogP contribution in [0, 0.1) is 0 Å². The van der Waals surface area contributed by atoms with Crippen molar-refractivity contribution in [3.05, 3.63) is 0 Å². The lowest BCUT2D eigenvalue weighted by molar-refractivity contribution is -0.141. The summed E-state index contributed by atoms with van der Waals surface area (Å²) in [7, 11) is 1.28. The number of aliphatic carboxylic acids is 1. The summed E-state index contributed by atoms with van der Waals surface area (Å²) in [5.74, 6) is -1.25. The predicted molar refractivity (Wildman–Crippen MR) is 44.4 cm³/mol. The smallest absolute Gasteiger partial charge is 0.305 e. The monoisotopic (exact) mass is 200 g/mol. The van der Waals surface area contributed by atoms with Gasteiger partial charge in [-0.3, -0.25) is 9.59 Å². The number of halogens is 1. The van der Waals surface area contributed by atoms with Crippen molar-refractivity contribution in [1.82, 2.24) is 0 Å². The highest BCUT2D eigenvalue weighted by Gasteiger charge is 2.01. The molecule has 0 aliphatic rings. The average Bonchev–Trinajstić information content (AvgIpc) is 1.87. The van der Waals surface area contributed by atoms with Crippen molar-refractivity contribution < 1.29 is 24.9 Å². The summed E-state index contributed by atoms with van der Waals surface area (Å²) in [6.45, 7) is 0. The van der Waals surface area contributed by atoms with Crippen LogP contribution in [0.5, 0.6) is 0 Å². The second-order valence-electron chi connectivity index (χ2n) is 1.82. The van der Waals surface area contributed by atoms with Gasteiger partial charge in [-0.15, -0.1) is 12.4 Å². The molecule has 0 unspecified atom stereocenters. The lowest BCUT2D eigenvalue weighted by Gasteiger charge is -1.94. The van der Waals surface area contributed by atoms with Gasteiger partial charge >= 0.3 is 11.9 Å². The Morgan fingerprint density at radius 3 is 2.17 bits per heavy atom. The Morgan fingerprint density at radius 1 is 1.33 bits per heavy atom. The minimum Gasteiger partial charge on any atom is -0.481 e. The van der Waals surface area contributed by atoms with Crippen LogP contribution in [0.25, 0.3) is 0 Å². The van der Waals surface area contributed by atoms with Gasteiger partial charge in [-0.25, -0.2) is 0 Å². The molecule has 0 spiro atoms. The summed E-state index contributed by atoms with van der Waals surface area (Å²) in [6, 6.07) is 0. The summed E-state index contributed by atoms with van der Waals surface area (Å²) < 4.78 is 4.30. The van der Waals surface area contributed by atoms with Crippen molar-refractivity contribution in [2.24, 2.45) is 0 Å². The summed E-state index contributed by atoms with van der Waals surface area (Å²) in [6.07, 6.45) is 0.555. The maximum atomic E-state index is 10.4. The van der Waals surface area contributed by atoms with E-state index in [0.717, 1.165) is 0 Å². The maximum Gasteiger partial charge on any atom is 0.305 e. The number of carbonyl (C=O) groups is 2. The van der Waals surface area contributed by atoms with Crippen LogP contribution in [-0.2, 0) is 14.3 Å². The Labute approximate surface area is 76.4 Å². The molecule has 74 valence electrons. The maximum absolute atomic E-state index is 10.4. The minimum absolute atomic E-state index is 0. The van der Waals surface area contributed by atoms with Crippen LogP contribution in [0.2, 0.25) is 0 Å². The van der Waals surface area contributed by atoms with Crippen LogP contribution in [0.4, 0.5) is 0 Å². The third-order valence-corrected chi connectivity index (χ3v) is 0.999. The number of carboxylic acids is 1. The quantitative estimate of drug-likeness (QED) is 0.647. The largest absolute Gasteiger partial charge is 0.481 e. The van der Waals surface area contributed by atoms with Gasteiger partial charge in [0.25, 0.3) is 0 Å². The molecule has 0 bridgehead atoms. The second kappa shape index (κ2) is 10.2. The van der Waals surface area contributed by atoms with Crippen LogP contribution in [-0.4, -0.2) is 29.6 Å². The van der Waals surface area contributed by atoms with Crippen molar-refractivity contribution in [3.8, 4) is 0 Å². The Kier molecular flexibility index (Phi) is 14.7. The van der Waals surface area contributed by atoms with E-state index in [9.17, 15) is 9.59 Å². The highest BCUT2D eigenvalue weighted by atomic mass is 35.5. The first kappa shape index (κ1) is 17.3. The highest BCUT2D eigenvalue weighted by molar-refractivity contribution is 5.85. The van der Waals surface area contributed by atoms with E-state index in [2.05, 4.69) is 4.74 Å². The standard InChI is InChI=1S/C6H10O4.ClH.H2O/c1-10-6(9)4-2-3-5(7)8;;/h2-4H2,1H3,(H,7,8);1H;1H2. The van der Waals surface area contributed by atoms with Crippen LogP contribution >= 0.6 is 12.4 Å². The molecule has 3 N–H and O–H groups in total. The first-order valence-electron chi connectivity index (χ1n) is 2.95. The first-order chi connectivity index (χ1) is 4.66. The molecule has 0 saturated carbocycles. The zero-order valence-corrected chi connectivity index (χ0v) is 7.52. The SMILES string of the molecule is COC(=O)CCCC(=O)O.Cl.O. The van der Waals surface area contributed by atoms with Gasteiger partial charge in [-0.2, -0.15) is 0 Å². The van der Waals surface area contributed by atoms with E-state index in [-0.39, 0.29) is 36.7 Å². The molecular formula is C6H13ClO5. The molecule has 6 heteroatoms. The molecule has 0 atom stereocenters. The van der Waals surface area contributed by atoms with Crippen LogP contribution in [0.15, 0.2) is 0 Å². The molecule has 0 rings (SSSR count). The Hall–Kier alpha value is -0.810. The Morgan fingerprint density at radius 2 is 1.83 bits per heavy atom. The molecule has 5 nitrogen and oxygen atoms in total. The summed E-state index contributed by atoms with van der Waals surface area (Å²) in [5, 5.41) is 8.15. The summed E-state index contributed by atoms with van der Waals surface area (Å²) >= 11 is 0. The van der Waals surface area contributed by atoms with Gasteiger partial charge in [0.1, 0.15) is 0 Å². The van der Waals surface area contributed by atoms with Crippen LogP contribution in [0.1, 0.15) is 19.3 Å². The minimum atomic E-state index is -0.885.